The Morgan fingerprint density at radius 1 is 1.27 bits per heavy atom. The van der Waals surface area contributed by atoms with Gasteiger partial charge in [-0.15, -0.1) is 0 Å². The molecule has 3 nitrogen and oxygen atoms in total. The number of amides is 2. The van der Waals surface area contributed by atoms with E-state index in [1.165, 1.54) is 17.1 Å². The van der Waals surface area contributed by atoms with E-state index in [0.717, 1.165) is 6.42 Å². The monoisotopic (exact) mass is 149 g/mol. The fraction of sp³-hybridized carbons (Fsp3) is 0.250. The number of carbonyl (C=O) groups excluding carboxylic acids is 2. The maximum atomic E-state index is 11.1. The van der Waals surface area contributed by atoms with E-state index in [9.17, 15) is 9.59 Å². The van der Waals surface area contributed by atoms with E-state index in [0.29, 0.717) is 0 Å². The van der Waals surface area contributed by atoms with Gasteiger partial charge < -0.3 is 0 Å². The average Bonchev–Trinajstić information content (AvgIpc) is 2.34. The second-order valence-electron chi connectivity index (χ2n) is 2.61. The highest BCUT2D eigenvalue weighted by Gasteiger charge is 2.31. The van der Waals surface area contributed by atoms with Gasteiger partial charge in [0.1, 0.15) is 0 Å². The summed E-state index contributed by atoms with van der Waals surface area (Å²) in [7, 11) is 0. The molecule has 0 aliphatic carbocycles. The minimum atomic E-state index is -0.198. The molecular formula is C8H7NO2. The van der Waals surface area contributed by atoms with Gasteiger partial charge >= 0.3 is 0 Å². The molecule has 2 amide bonds. The van der Waals surface area contributed by atoms with E-state index in [1.54, 1.807) is 12.2 Å². The molecule has 2 rings (SSSR count). The Labute approximate surface area is 64.0 Å². The van der Waals surface area contributed by atoms with Crippen molar-refractivity contribution in [2.45, 2.75) is 12.5 Å². The maximum Gasteiger partial charge on any atom is 0.253 e. The van der Waals surface area contributed by atoms with Gasteiger partial charge in [0.2, 0.25) is 0 Å². The Hall–Kier alpha value is -1.38. The predicted octanol–water partition coefficient (Wildman–Crippen LogP) is 0.240. The van der Waals surface area contributed by atoms with Crippen LogP contribution in [0.3, 0.4) is 0 Å². The van der Waals surface area contributed by atoms with Crippen LogP contribution in [0, 0.1) is 0 Å². The minimum Gasteiger partial charge on any atom is -0.269 e. The normalized spacial score (nSPS) is 28.0. The zero-order chi connectivity index (χ0) is 7.84. The molecule has 2 aliphatic rings. The second kappa shape index (κ2) is 2.05. The Morgan fingerprint density at radius 2 is 2.00 bits per heavy atom. The Morgan fingerprint density at radius 3 is 2.73 bits per heavy atom. The van der Waals surface area contributed by atoms with Crippen LogP contribution in [-0.4, -0.2) is 22.8 Å². The summed E-state index contributed by atoms with van der Waals surface area (Å²) in [6.45, 7) is 0. The number of hydrogen-bond acceptors (Lipinski definition) is 2. The van der Waals surface area contributed by atoms with E-state index in [2.05, 4.69) is 0 Å². The molecule has 2 heterocycles. The van der Waals surface area contributed by atoms with Crippen molar-refractivity contribution in [1.82, 2.24) is 4.90 Å². The van der Waals surface area contributed by atoms with Crippen LogP contribution in [0.4, 0.5) is 0 Å². The van der Waals surface area contributed by atoms with Crippen LogP contribution in [0.1, 0.15) is 6.42 Å². The topological polar surface area (TPSA) is 37.4 Å². The molecule has 1 unspecified atom stereocenters. The third-order valence-electron chi connectivity index (χ3n) is 1.91. The van der Waals surface area contributed by atoms with Crippen molar-refractivity contribution in [3.05, 3.63) is 24.3 Å². The summed E-state index contributed by atoms with van der Waals surface area (Å²) >= 11 is 0. The standard InChI is InChI=1S/C8H7NO2/c10-7-3-1-2-6-4-5-8(11)9(6)7/h1,3-6H,2H2. The molecule has 0 N–H and O–H groups in total. The van der Waals surface area contributed by atoms with Crippen LogP contribution in [0.5, 0.6) is 0 Å². The molecule has 3 heteroatoms. The molecule has 56 valence electrons. The number of nitrogens with zero attached hydrogens (tertiary/aromatic N) is 1. The zero-order valence-electron chi connectivity index (χ0n) is 5.86. The Bertz CT molecular complexity index is 278. The molecule has 0 aromatic heterocycles. The predicted molar refractivity (Wildman–Crippen MR) is 38.5 cm³/mol. The van der Waals surface area contributed by atoms with Crippen LogP contribution in [0.25, 0.3) is 0 Å². The largest absolute Gasteiger partial charge is 0.269 e. The smallest absolute Gasteiger partial charge is 0.253 e. The average molecular weight is 149 g/mol. The Kier molecular flexibility index (Phi) is 1.18. The highest BCUT2D eigenvalue weighted by atomic mass is 16.2. The first kappa shape index (κ1) is 6.34. The summed E-state index contributed by atoms with van der Waals surface area (Å²) in [5.41, 5.74) is 0. The lowest BCUT2D eigenvalue weighted by Gasteiger charge is -2.23. The highest BCUT2D eigenvalue weighted by Crippen LogP contribution is 2.18. The quantitative estimate of drug-likeness (QED) is 0.463. The van der Waals surface area contributed by atoms with Crippen LogP contribution >= 0.6 is 0 Å². The molecule has 2 aliphatic heterocycles. The molecule has 0 radical (unpaired) electrons. The van der Waals surface area contributed by atoms with Gasteiger partial charge in [-0.1, -0.05) is 12.2 Å². The lowest BCUT2D eigenvalue weighted by atomic mass is 10.1. The van der Waals surface area contributed by atoms with Gasteiger partial charge in [-0.25, -0.2) is 0 Å². The molecule has 0 spiro atoms. The first-order valence-electron chi connectivity index (χ1n) is 3.51. The van der Waals surface area contributed by atoms with Gasteiger partial charge in [-0.2, -0.15) is 0 Å². The zero-order valence-corrected chi connectivity index (χ0v) is 5.86. The number of rotatable bonds is 0. The van der Waals surface area contributed by atoms with Crippen molar-refractivity contribution in [1.29, 1.82) is 0 Å². The van der Waals surface area contributed by atoms with Gasteiger partial charge in [0, 0.05) is 6.08 Å². The summed E-state index contributed by atoms with van der Waals surface area (Å²) in [4.78, 5) is 23.3. The summed E-state index contributed by atoms with van der Waals surface area (Å²) < 4.78 is 0. The first-order valence-corrected chi connectivity index (χ1v) is 3.51. The summed E-state index contributed by atoms with van der Waals surface area (Å²) in [6, 6.07) is -0.0139. The number of hydrogen-bond donors (Lipinski definition) is 0. The highest BCUT2D eigenvalue weighted by molar-refractivity contribution is 6.07. The van der Waals surface area contributed by atoms with Gasteiger partial charge in [-0.05, 0) is 12.5 Å². The molecule has 0 bridgehead atoms. The van der Waals surface area contributed by atoms with Crippen LogP contribution in [0.2, 0.25) is 0 Å². The van der Waals surface area contributed by atoms with Crippen LogP contribution in [-0.2, 0) is 9.59 Å². The maximum absolute atomic E-state index is 11.1. The van der Waals surface area contributed by atoms with Gasteiger partial charge in [0.25, 0.3) is 11.8 Å². The first-order chi connectivity index (χ1) is 5.29. The molecule has 0 fully saturated rings. The van der Waals surface area contributed by atoms with Gasteiger partial charge in [0.15, 0.2) is 0 Å². The van der Waals surface area contributed by atoms with E-state index < -0.39 is 0 Å². The number of carbonyl (C=O) groups is 2. The van der Waals surface area contributed by atoms with Crippen molar-refractivity contribution in [2.24, 2.45) is 0 Å². The number of imide groups is 1. The summed E-state index contributed by atoms with van der Waals surface area (Å²) in [5.74, 6) is -0.388. The van der Waals surface area contributed by atoms with Gasteiger partial charge in [0.05, 0.1) is 6.04 Å². The summed E-state index contributed by atoms with van der Waals surface area (Å²) in [5, 5.41) is 0. The SMILES string of the molecule is O=C1C=CCC2C=CC(=O)N12. The molecule has 0 aromatic carbocycles. The molecule has 0 saturated carbocycles. The van der Waals surface area contributed by atoms with Crippen LogP contribution in [0.15, 0.2) is 24.3 Å². The second-order valence-corrected chi connectivity index (χ2v) is 2.61. The van der Waals surface area contributed by atoms with Crippen molar-refractivity contribution in [2.75, 3.05) is 0 Å². The van der Waals surface area contributed by atoms with E-state index in [4.69, 9.17) is 0 Å². The fourth-order valence-electron chi connectivity index (χ4n) is 1.37. The molecule has 1 atom stereocenters. The van der Waals surface area contributed by atoms with E-state index in [-0.39, 0.29) is 17.9 Å². The van der Waals surface area contributed by atoms with Crippen molar-refractivity contribution in [3.8, 4) is 0 Å². The minimum absolute atomic E-state index is 0.0139. The fourth-order valence-corrected chi connectivity index (χ4v) is 1.37. The summed E-state index contributed by atoms with van der Waals surface area (Å²) in [6.07, 6.45) is 7.22. The van der Waals surface area contributed by atoms with E-state index in [1.807, 2.05) is 0 Å². The van der Waals surface area contributed by atoms with E-state index >= 15 is 0 Å². The van der Waals surface area contributed by atoms with Gasteiger partial charge in [-0.3, -0.25) is 14.5 Å². The van der Waals surface area contributed by atoms with Crippen molar-refractivity contribution in [3.63, 3.8) is 0 Å². The molecule has 11 heavy (non-hydrogen) atoms. The third kappa shape index (κ3) is 0.808. The molecule has 0 saturated heterocycles. The third-order valence-corrected chi connectivity index (χ3v) is 1.91. The lowest BCUT2D eigenvalue weighted by Crippen LogP contribution is -2.40. The number of fused-ring (bicyclic) bond motifs is 1. The molecule has 0 aromatic rings. The Balaban J connectivity index is 2.35. The van der Waals surface area contributed by atoms with Crippen molar-refractivity contribution >= 4 is 11.8 Å². The van der Waals surface area contributed by atoms with Crippen molar-refractivity contribution < 1.29 is 9.59 Å². The molecular weight excluding hydrogens is 142 g/mol. The lowest BCUT2D eigenvalue weighted by molar-refractivity contribution is -0.139. The van der Waals surface area contributed by atoms with Crippen LogP contribution < -0.4 is 0 Å².